The van der Waals surface area contributed by atoms with Gasteiger partial charge in [0.1, 0.15) is 0 Å². The molecular weight excluding hydrogens is 391 g/mol. The maximum absolute atomic E-state index is 14.1. The van der Waals surface area contributed by atoms with Crippen LogP contribution in [0.4, 0.5) is 4.39 Å². The summed E-state index contributed by atoms with van der Waals surface area (Å²) in [6.45, 7) is 11.8. The molecule has 1 aromatic carbocycles. The minimum absolute atomic E-state index is 0.0532. The molecule has 0 aromatic heterocycles. The maximum Gasteiger partial charge on any atom is 0.165 e. The lowest BCUT2D eigenvalue weighted by atomic mass is 9.90. The summed E-state index contributed by atoms with van der Waals surface area (Å²) in [5.41, 5.74) is 0.892. The van der Waals surface area contributed by atoms with E-state index in [0.717, 1.165) is 18.4 Å². The molecule has 6 heteroatoms. The minimum atomic E-state index is -3.24. The van der Waals surface area contributed by atoms with Crippen LogP contribution in [0.3, 0.4) is 0 Å². The van der Waals surface area contributed by atoms with Gasteiger partial charge in [-0.2, -0.15) is 0 Å². The summed E-state index contributed by atoms with van der Waals surface area (Å²) in [7, 11) is -3.24. The molecule has 0 unspecified atom stereocenters. The Bertz CT molecular complexity index is 749. The number of benzene rings is 1. The fourth-order valence-electron chi connectivity index (χ4n) is 3.14. The molecule has 0 bridgehead atoms. The van der Waals surface area contributed by atoms with Crippen molar-refractivity contribution in [2.24, 2.45) is 17.3 Å². The Morgan fingerprint density at radius 3 is 2.48 bits per heavy atom. The lowest BCUT2D eigenvalue weighted by molar-refractivity contribution is 0.0720. The normalized spacial score (nSPS) is 16.2. The minimum Gasteiger partial charge on any atom is -0.490 e. The second-order valence-corrected chi connectivity index (χ2v) is 12.1. The summed E-state index contributed by atoms with van der Waals surface area (Å²) in [6.07, 6.45) is 2.75. The molecule has 0 amide bonds. The first-order chi connectivity index (χ1) is 13.5. The van der Waals surface area contributed by atoms with Crippen LogP contribution < -0.4 is 4.74 Å². The van der Waals surface area contributed by atoms with Crippen molar-refractivity contribution in [1.82, 2.24) is 0 Å². The smallest absolute Gasteiger partial charge is 0.165 e. The highest BCUT2D eigenvalue weighted by molar-refractivity contribution is 7.91. The average Bonchev–Trinajstić information content (AvgIpc) is 3.42. The van der Waals surface area contributed by atoms with Crippen molar-refractivity contribution in [3.8, 4) is 5.75 Å². The monoisotopic (exact) mass is 428 g/mol. The maximum atomic E-state index is 14.1. The van der Waals surface area contributed by atoms with Crippen LogP contribution in [0.5, 0.6) is 5.75 Å². The first-order valence-corrected chi connectivity index (χ1v) is 12.5. The van der Waals surface area contributed by atoms with E-state index in [1.54, 1.807) is 12.1 Å². The molecule has 29 heavy (non-hydrogen) atoms. The van der Waals surface area contributed by atoms with Crippen LogP contribution in [0.15, 0.2) is 18.2 Å². The zero-order valence-corrected chi connectivity index (χ0v) is 19.4. The number of sulfone groups is 1. The van der Waals surface area contributed by atoms with Crippen LogP contribution in [0.1, 0.15) is 65.4 Å². The molecule has 0 aliphatic heterocycles. The Morgan fingerprint density at radius 2 is 1.90 bits per heavy atom. The van der Waals surface area contributed by atoms with Crippen molar-refractivity contribution < 1.29 is 22.3 Å². The van der Waals surface area contributed by atoms with Gasteiger partial charge in [0.2, 0.25) is 0 Å². The number of hydrogen-bond acceptors (Lipinski definition) is 4. The van der Waals surface area contributed by atoms with Crippen molar-refractivity contribution in [2.75, 3.05) is 31.3 Å². The molecule has 1 aromatic rings. The number of halogens is 1. The summed E-state index contributed by atoms with van der Waals surface area (Å²) in [5, 5.41) is 0. The zero-order valence-electron chi connectivity index (χ0n) is 18.5. The van der Waals surface area contributed by atoms with Crippen LogP contribution >= 0.6 is 0 Å². The van der Waals surface area contributed by atoms with Crippen LogP contribution in [-0.2, 0) is 14.6 Å². The van der Waals surface area contributed by atoms with Crippen molar-refractivity contribution in [3.05, 3.63) is 29.6 Å². The third-order valence-electron chi connectivity index (χ3n) is 5.07. The molecule has 0 N–H and O–H groups in total. The van der Waals surface area contributed by atoms with Crippen LogP contribution in [0.2, 0.25) is 0 Å². The molecule has 0 spiro atoms. The third kappa shape index (κ3) is 9.04. The van der Waals surface area contributed by atoms with E-state index in [4.69, 9.17) is 9.47 Å². The van der Waals surface area contributed by atoms with Gasteiger partial charge < -0.3 is 9.47 Å². The van der Waals surface area contributed by atoms with Crippen molar-refractivity contribution in [3.63, 3.8) is 0 Å². The van der Waals surface area contributed by atoms with E-state index < -0.39 is 15.7 Å². The van der Waals surface area contributed by atoms with E-state index in [9.17, 15) is 12.8 Å². The number of hydrogen-bond donors (Lipinski definition) is 0. The van der Waals surface area contributed by atoms with E-state index >= 15 is 0 Å². The largest absolute Gasteiger partial charge is 0.490 e. The fourth-order valence-corrected chi connectivity index (χ4v) is 4.99. The predicted octanol–water partition coefficient (Wildman–Crippen LogP) is 5.22. The lowest BCUT2D eigenvalue weighted by Gasteiger charge is -2.22. The topological polar surface area (TPSA) is 52.6 Å². The van der Waals surface area contributed by atoms with Gasteiger partial charge in [-0.1, -0.05) is 40.7 Å². The molecule has 4 nitrogen and oxygen atoms in total. The Morgan fingerprint density at radius 1 is 1.21 bits per heavy atom. The Labute approximate surface area is 176 Å². The van der Waals surface area contributed by atoms with E-state index in [2.05, 4.69) is 20.8 Å². The molecule has 0 heterocycles. The molecule has 1 fully saturated rings. The second-order valence-electron chi connectivity index (χ2n) is 9.88. The zero-order chi connectivity index (χ0) is 21.7. The second kappa shape index (κ2) is 10.3. The van der Waals surface area contributed by atoms with Gasteiger partial charge in [0.05, 0.1) is 24.7 Å². The molecule has 0 saturated heterocycles. The molecule has 1 saturated carbocycles. The van der Waals surface area contributed by atoms with Crippen molar-refractivity contribution >= 4 is 9.84 Å². The van der Waals surface area contributed by atoms with Gasteiger partial charge >= 0.3 is 0 Å². The summed E-state index contributed by atoms with van der Waals surface area (Å²) in [5.74, 6) is 0.441. The summed E-state index contributed by atoms with van der Waals surface area (Å²) >= 11 is 0. The van der Waals surface area contributed by atoms with Gasteiger partial charge in [-0.25, -0.2) is 12.8 Å². The number of ether oxygens (including phenoxy) is 2. The van der Waals surface area contributed by atoms with Gasteiger partial charge in [-0.3, -0.25) is 0 Å². The molecule has 1 aliphatic rings. The number of rotatable bonds is 12. The van der Waals surface area contributed by atoms with Gasteiger partial charge in [0, 0.05) is 12.5 Å². The SMILES string of the molecule is CC(C)[C@H](CS(=O)(=O)CCCOCC(C)(C)C)c1ccc(F)c(OCC2CC2)c1. The van der Waals surface area contributed by atoms with E-state index in [0.29, 0.717) is 32.2 Å². The Balaban J connectivity index is 1.96. The quantitative estimate of drug-likeness (QED) is 0.428. The van der Waals surface area contributed by atoms with E-state index in [-0.39, 0.29) is 34.5 Å². The molecule has 2 rings (SSSR count). The third-order valence-corrected chi connectivity index (χ3v) is 6.85. The van der Waals surface area contributed by atoms with Gasteiger partial charge in [-0.05, 0) is 54.2 Å². The highest BCUT2D eigenvalue weighted by Crippen LogP contribution is 2.33. The summed E-state index contributed by atoms with van der Waals surface area (Å²) in [4.78, 5) is 0. The highest BCUT2D eigenvalue weighted by Gasteiger charge is 2.26. The molecular formula is C23H37FO4S. The predicted molar refractivity (Wildman–Crippen MR) is 116 cm³/mol. The lowest BCUT2D eigenvalue weighted by Crippen LogP contribution is -2.23. The molecule has 166 valence electrons. The Kier molecular flexibility index (Phi) is 8.53. The standard InChI is InChI=1S/C23H37FO4S/c1-17(2)20(15-29(25,26)12-6-11-27-16-23(3,4)5)19-9-10-21(24)22(13-19)28-14-18-7-8-18/h9-10,13,17-18,20H,6-8,11-12,14-16H2,1-5H3/t20-/m0/s1. The van der Waals surface area contributed by atoms with Crippen LogP contribution in [0, 0.1) is 23.1 Å². The van der Waals surface area contributed by atoms with Crippen LogP contribution in [-0.4, -0.2) is 39.7 Å². The fraction of sp³-hybridized carbons (Fsp3) is 0.739. The van der Waals surface area contributed by atoms with E-state index in [1.807, 2.05) is 13.8 Å². The molecule has 1 aliphatic carbocycles. The van der Waals surface area contributed by atoms with E-state index in [1.165, 1.54) is 6.07 Å². The average molecular weight is 429 g/mol. The Hall–Kier alpha value is -1.14. The highest BCUT2D eigenvalue weighted by atomic mass is 32.2. The molecule has 1 atom stereocenters. The van der Waals surface area contributed by atoms with Crippen molar-refractivity contribution in [2.45, 2.75) is 59.8 Å². The summed E-state index contributed by atoms with van der Waals surface area (Å²) < 4.78 is 50.7. The van der Waals surface area contributed by atoms with Crippen LogP contribution in [0.25, 0.3) is 0 Å². The first kappa shape index (κ1) is 24.1. The van der Waals surface area contributed by atoms with Crippen molar-refractivity contribution in [1.29, 1.82) is 0 Å². The van der Waals surface area contributed by atoms with Gasteiger partial charge in [0.15, 0.2) is 21.4 Å². The van der Waals surface area contributed by atoms with Gasteiger partial charge in [-0.15, -0.1) is 0 Å². The molecule has 0 radical (unpaired) electrons. The summed E-state index contributed by atoms with van der Waals surface area (Å²) in [6, 6.07) is 4.76. The van der Waals surface area contributed by atoms with Gasteiger partial charge in [0.25, 0.3) is 0 Å². The first-order valence-electron chi connectivity index (χ1n) is 10.7.